The van der Waals surface area contributed by atoms with E-state index in [9.17, 15) is 9.59 Å². The Bertz CT molecular complexity index is 655. The standard InChI is InChI=1S/C12H13N3O2/c1-14-7-6-11(16)15(12(14)17)8-9-4-2-3-5-10(9)13/h2-7H,8,13H2,1H3. The summed E-state index contributed by atoms with van der Waals surface area (Å²) < 4.78 is 2.52. The first kappa shape index (κ1) is 11.2. The van der Waals surface area contributed by atoms with Crippen molar-refractivity contribution >= 4 is 5.69 Å². The van der Waals surface area contributed by atoms with Crippen LogP contribution in [0.3, 0.4) is 0 Å². The van der Waals surface area contributed by atoms with E-state index in [1.165, 1.54) is 16.8 Å². The monoisotopic (exact) mass is 231 g/mol. The van der Waals surface area contributed by atoms with E-state index in [2.05, 4.69) is 0 Å². The molecule has 0 spiro atoms. The van der Waals surface area contributed by atoms with Gasteiger partial charge in [0.25, 0.3) is 5.56 Å². The molecular formula is C12H13N3O2. The van der Waals surface area contributed by atoms with Crippen molar-refractivity contribution in [2.45, 2.75) is 6.54 Å². The van der Waals surface area contributed by atoms with Crippen molar-refractivity contribution in [3.05, 3.63) is 62.9 Å². The minimum atomic E-state index is -0.347. The number of aryl methyl sites for hydroxylation is 1. The van der Waals surface area contributed by atoms with Gasteiger partial charge in [0.2, 0.25) is 0 Å². The second-order valence-corrected chi connectivity index (χ2v) is 3.83. The lowest BCUT2D eigenvalue weighted by atomic mass is 10.2. The van der Waals surface area contributed by atoms with Crippen molar-refractivity contribution in [1.82, 2.24) is 9.13 Å². The van der Waals surface area contributed by atoms with Crippen molar-refractivity contribution in [1.29, 1.82) is 0 Å². The highest BCUT2D eigenvalue weighted by atomic mass is 16.2. The molecule has 1 heterocycles. The Balaban J connectivity index is 2.51. The normalized spacial score (nSPS) is 10.4. The van der Waals surface area contributed by atoms with Crippen LogP contribution < -0.4 is 17.0 Å². The van der Waals surface area contributed by atoms with E-state index in [-0.39, 0.29) is 17.8 Å². The van der Waals surface area contributed by atoms with E-state index in [4.69, 9.17) is 5.73 Å². The molecule has 2 aromatic rings. The van der Waals surface area contributed by atoms with Crippen LogP contribution in [-0.4, -0.2) is 9.13 Å². The summed E-state index contributed by atoms with van der Waals surface area (Å²) in [6.07, 6.45) is 1.45. The van der Waals surface area contributed by atoms with Gasteiger partial charge in [0.15, 0.2) is 0 Å². The van der Waals surface area contributed by atoms with Gasteiger partial charge in [-0.3, -0.25) is 9.36 Å². The zero-order chi connectivity index (χ0) is 12.4. The van der Waals surface area contributed by atoms with Crippen LogP contribution in [0.5, 0.6) is 0 Å². The lowest BCUT2D eigenvalue weighted by Gasteiger charge is -2.08. The number of nitrogens with two attached hydrogens (primary N) is 1. The topological polar surface area (TPSA) is 70.0 Å². The Morgan fingerprint density at radius 3 is 2.59 bits per heavy atom. The first-order chi connectivity index (χ1) is 8.09. The van der Waals surface area contributed by atoms with Gasteiger partial charge in [0, 0.05) is 25.0 Å². The Kier molecular flexibility index (Phi) is 2.82. The number of nitrogen functional groups attached to an aromatic ring is 1. The Morgan fingerprint density at radius 2 is 1.88 bits per heavy atom. The Hall–Kier alpha value is -2.30. The number of para-hydroxylation sites is 1. The third kappa shape index (κ3) is 2.13. The van der Waals surface area contributed by atoms with Crippen LogP contribution in [0.4, 0.5) is 5.69 Å². The van der Waals surface area contributed by atoms with Gasteiger partial charge >= 0.3 is 5.69 Å². The number of benzene rings is 1. The van der Waals surface area contributed by atoms with Gasteiger partial charge < -0.3 is 10.3 Å². The molecule has 0 amide bonds. The summed E-state index contributed by atoms with van der Waals surface area (Å²) in [6, 6.07) is 8.54. The van der Waals surface area contributed by atoms with Crippen molar-refractivity contribution in [2.24, 2.45) is 7.05 Å². The third-order valence-corrected chi connectivity index (χ3v) is 2.62. The van der Waals surface area contributed by atoms with Gasteiger partial charge in [-0.05, 0) is 11.6 Å². The molecule has 0 aliphatic carbocycles. The molecule has 0 unspecified atom stereocenters. The summed E-state index contributed by atoms with van der Waals surface area (Å²) in [6.45, 7) is 0.193. The largest absolute Gasteiger partial charge is 0.398 e. The smallest absolute Gasteiger partial charge is 0.331 e. The Morgan fingerprint density at radius 1 is 1.18 bits per heavy atom. The zero-order valence-corrected chi connectivity index (χ0v) is 9.46. The predicted octanol–water partition coefficient (Wildman–Crippen LogP) is 0.178. The number of rotatable bonds is 2. The maximum atomic E-state index is 11.8. The summed E-state index contributed by atoms with van der Waals surface area (Å²) in [4.78, 5) is 23.4. The predicted molar refractivity (Wildman–Crippen MR) is 65.9 cm³/mol. The van der Waals surface area contributed by atoms with Crippen LogP contribution in [0.2, 0.25) is 0 Å². The fourth-order valence-corrected chi connectivity index (χ4v) is 1.61. The number of hydrogen-bond acceptors (Lipinski definition) is 3. The maximum Gasteiger partial charge on any atom is 0.331 e. The quantitative estimate of drug-likeness (QED) is 0.749. The fraction of sp³-hybridized carbons (Fsp3) is 0.167. The van der Waals surface area contributed by atoms with E-state index >= 15 is 0 Å². The average molecular weight is 231 g/mol. The number of nitrogens with zero attached hydrogens (tertiary/aromatic N) is 2. The van der Waals surface area contributed by atoms with Crippen LogP contribution in [0.15, 0.2) is 46.1 Å². The highest BCUT2D eigenvalue weighted by Gasteiger charge is 2.05. The zero-order valence-electron chi connectivity index (χ0n) is 9.46. The van der Waals surface area contributed by atoms with E-state index in [0.717, 1.165) is 10.1 Å². The summed E-state index contributed by atoms with van der Waals surface area (Å²) in [7, 11) is 1.60. The van der Waals surface area contributed by atoms with E-state index < -0.39 is 0 Å². The minimum absolute atomic E-state index is 0.193. The molecule has 0 radical (unpaired) electrons. The summed E-state index contributed by atoms with van der Waals surface area (Å²) in [5.74, 6) is 0. The number of anilines is 1. The molecule has 0 saturated carbocycles. The van der Waals surface area contributed by atoms with E-state index in [1.54, 1.807) is 19.2 Å². The molecule has 1 aromatic heterocycles. The van der Waals surface area contributed by atoms with Crippen molar-refractivity contribution in [3.63, 3.8) is 0 Å². The molecule has 0 atom stereocenters. The molecule has 0 aliphatic rings. The van der Waals surface area contributed by atoms with Crippen LogP contribution in [0.1, 0.15) is 5.56 Å². The third-order valence-electron chi connectivity index (χ3n) is 2.62. The number of aromatic nitrogens is 2. The van der Waals surface area contributed by atoms with Gasteiger partial charge in [0.05, 0.1) is 6.54 Å². The minimum Gasteiger partial charge on any atom is -0.398 e. The van der Waals surface area contributed by atoms with E-state index in [1.807, 2.05) is 12.1 Å². The molecular weight excluding hydrogens is 218 g/mol. The average Bonchev–Trinajstić information content (AvgIpc) is 2.32. The molecule has 0 bridgehead atoms. The molecule has 2 rings (SSSR count). The molecule has 0 fully saturated rings. The van der Waals surface area contributed by atoms with Gasteiger partial charge in [0.1, 0.15) is 0 Å². The summed E-state index contributed by atoms with van der Waals surface area (Å²) in [5, 5.41) is 0. The summed E-state index contributed by atoms with van der Waals surface area (Å²) in [5.41, 5.74) is 6.45. The second kappa shape index (κ2) is 4.29. The first-order valence-electron chi connectivity index (χ1n) is 5.19. The van der Waals surface area contributed by atoms with E-state index in [0.29, 0.717) is 5.69 Å². The molecule has 0 saturated heterocycles. The molecule has 88 valence electrons. The fourth-order valence-electron chi connectivity index (χ4n) is 1.61. The molecule has 2 N–H and O–H groups in total. The highest BCUT2D eigenvalue weighted by molar-refractivity contribution is 5.46. The number of hydrogen-bond donors (Lipinski definition) is 1. The van der Waals surface area contributed by atoms with Crippen LogP contribution in [-0.2, 0) is 13.6 Å². The molecule has 1 aromatic carbocycles. The van der Waals surface area contributed by atoms with Crippen molar-refractivity contribution < 1.29 is 0 Å². The second-order valence-electron chi connectivity index (χ2n) is 3.83. The van der Waals surface area contributed by atoms with Crippen LogP contribution in [0, 0.1) is 0 Å². The molecule has 17 heavy (non-hydrogen) atoms. The van der Waals surface area contributed by atoms with Gasteiger partial charge in [-0.25, -0.2) is 4.79 Å². The lowest BCUT2D eigenvalue weighted by Crippen LogP contribution is -2.38. The molecule has 5 nitrogen and oxygen atoms in total. The molecule has 5 heteroatoms. The van der Waals surface area contributed by atoms with Gasteiger partial charge in [-0.15, -0.1) is 0 Å². The molecule has 0 aliphatic heterocycles. The highest BCUT2D eigenvalue weighted by Crippen LogP contribution is 2.10. The van der Waals surface area contributed by atoms with Crippen molar-refractivity contribution in [2.75, 3.05) is 5.73 Å². The first-order valence-corrected chi connectivity index (χ1v) is 5.19. The Labute approximate surface area is 97.7 Å². The SMILES string of the molecule is Cn1ccc(=O)n(Cc2ccccc2N)c1=O. The van der Waals surface area contributed by atoms with Gasteiger partial charge in [-0.2, -0.15) is 0 Å². The van der Waals surface area contributed by atoms with Crippen molar-refractivity contribution in [3.8, 4) is 0 Å². The van der Waals surface area contributed by atoms with Crippen LogP contribution in [0.25, 0.3) is 0 Å². The summed E-state index contributed by atoms with van der Waals surface area (Å²) >= 11 is 0. The van der Waals surface area contributed by atoms with Crippen LogP contribution >= 0.6 is 0 Å². The van der Waals surface area contributed by atoms with Gasteiger partial charge in [-0.1, -0.05) is 18.2 Å². The lowest BCUT2D eigenvalue weighted by molar-refractivity contribution is 0.640. The maximum absolute atomic E-state index is 11.8.